The Labute approximate surface area is 237 Å². The highest BCUT2D eigenvalue weighted by molar-refractivity contribution is 6.11. The molecule has 0 spiro atoms. The van der Waals surface area contributed by atoms with Gasteiger partial charge in [-0.25, -0.2) is 22.9 Å². The van der Waals surface area contributed by atoms with E-state index in [0.29, 0.717) is 16.8 Å². The van der Waals surface area contributed by atoms with Crippen LogP contribution in [0.15, 0.2) is 67.3 Å². The molecule has 1 saturated heterocycles. The molecular weight excluding hydrogens is 549 g/mol. The number of carbonyl (C=O) groups is 3. The molecule has 42 heavy (non-hydrogen) atoms. The van der Waals surface area contributed by atoms with Gasteiger partial charge in [0, 0.05) is 29.8 Å². The van der Waals surface area contributed by atoms with Crippen molar-refractivity contribution in [2.45, 2.75) is 49.7 Å². The average Bonchev–Trinajstić information content (AvgIpc) is 3.62. The highest BCUT2D eigenvalue weighted by Gasteiger charge is 2.71. The van der Waals surface area contributed by atoms with Crippen LogP contribution in [0.2, 0.25) is 0 Å². The van der Waals surface area contributed by atoms with Gasteiger partial charge in [-0.1, -0.05) is 18.2 Å². The van der Waals surface area contributed by atoms with Gasteiger partial charge >= 0.3 is 5.91 Å². The summed E-state index contributed by atoms with van der Waals surface area (Å²) >= 11 is 0. The van der Waals surface area contributed by atoms with Gasteiger partial charge in [0.05, 0.1) is 42.6 Å². The fourth-order valence-corrected chi connectivity index (χ4v) is 6.49. The molecule has 3 atom stereocenters. The highest BCUT2D eigenvalue weighted by Crippen LogP contribution is 2.60. The van der Waals surface area contributed by atoms with E-state index in [1.807, 2.05) is 6.07 Å². The largest absolute Gasteiger partial charge is 0.351 e. The lowest BCUT2D eigenvalue weighted by Gasteiger charge is -2.44. The van der Waals surface area contributed by atoms with Gasteiger partial charge in [-0.05, 0) is 24.6 Å². The number of aromatic nitrogens is 2. The van der Waals surface area contributed by atoms with Gasteiger partial charge < -0.3 is 0 Å². The highest BCUT2D eigenvalue weighted by atomic mass is 19.3. The molecule has 3 amide bonds. The second-order valence-corrected chi connectivity index (χ2v) is 10.9. The Kier molecular flexibility index (Phi) is 5.61. The number of anilines is 2. The summed E-state index contributed by atoms with van der Waals surface area (Å²) in [6.07, 6.45) is 4.34. The van der Waals surface area contributed by atoms with Gasteiger partial charge in [0.15, 0.2) is 12.2 Å². The number of amides is 3. The Bertz CT molecular complexity index is 1760. The molecule has 0 N–H and O–H groups in total. The summed E-state index contributed by atoms with van der Waals surface area (Å²) in [7, 11) is 0. The summed E-state index contributed by atoms with van der Waals surface area (Å²) in [5.41, 5.74) is 1.92. The van der Waals surface area contributed by atoms with Crippen molar-refractivity contribution in [3.8, 4) is 6.07 Å². The van der Waals surface area contributed by atoms with E-state index < -0.39 is 64.9 Å². The Balaban J connectivity index is 1.36. The fourth-order valence-electron chi connectivity index (χ4n) is 6.49. The van der Waals surface area contributed by atoms with E-state index in [1.165, 1.54) is 29.4 Å². The second kappa shape index (κ2) is 9.06. The first-order valence-corrected chi connectivity index (χ1v) is 13.4. The van der Waals surface area contributed by atoms with Crippen molar-refractivity contribution in [3.05, 3.63) is 89.8 Å². The number of alkyl halides is 2. The van der Waals surface area contributed by atoms with Crippen LogP contribution in [0.4, 0.5) is 24.7 Å². The van der Waals surface area contributed by atoms with E-state index >= 15 is 0 Å². The minimum Gasteiger partial charge on any atom is -0.288 e. The Hall–Kier alpha value is -4.89. The van der Waals surface area contributed by atoms with Crippen LogP contribution in [0, 0.1) is 17.1 Å². The van der Waals surface area contributed by atoms with Crippen molar-refractivity contribution in [3.63, 3.8) is 0 Å². The zero-order valence-electron chi connectivity index (χ0n) is 22.0. The summed E-state index contributed by atoms with van der Waals surface area (Å²) in [5, 5.41) is 9.37. The van der Waals surface area contributed by atoms with Gasteiger partial charge in [0.1, 0.15) is 23.7 Å². The van der Waals surface area contributed by atoms with Crippen LogP contribution in [0.25, 0.3) is 5.70 Å². The molecule has 5 heterocycles. The van der Waals surface area contributed by atoms with Crippen molar-refractivity contribution in [1.29, 1.82) is 5.26 Å². The summed E-state index contributed by atoms with van der Waals surface area (Å²) in [5.74, 6) is -5.15. The van der Waals surface area contributed by atoms with E-state index in [9.17, 15) is 32.8 Å². The maximum absolute atomic E-state index is 14.6. The lowest BCUT2D eigenvalue weighted by Crippen LogP contribution is -2.61. The SMILES string of the molecule is N#Cc1ccnc(N2C(=O)CC[C@H]2C(=O)N(c2cncc(F)c2)[C@@H]2C(=O)[N+]3(C4CC(F)(F)C4)C=C3c3ccccc32)c1. The molecule has 1 aromatic carbocycles. The van der Waals surface area contributed by atoms with Crippen LogP contribution < -0.4 is 9.80 Å². The maximum atomic E-state index is 14.6. The van der Waals surface area contributed by atoms with E-state index in [1.54, 1.807) is 30.5 Å². The summed E-state index contributed by atoms with van der Waals surface area (Å²) in [6.45, 7) is 0. The smallest absolute Gasteiger partial charge is 0.288 e. The minimum absolute atomic E-state index is 0.00215. The van der Waals surface area contributed by atoms with Crippen molar-refractivity contribution >= 4 is 34.9 Å². The minimum atomic E-state index is -2.89. The quantitative estimate of drug-likeness (QED) is 0.425. The molecule has 1 unspecified atom stereocenters. The first kappa shape index (κ1) is 26.0. The molecule has 4 aliphatic rings. The topological polar surface area (TPSA) is 107 Å². The number of carbonyl (C=O) groups excluding carboxylic acids is 3. The normalized spacial score (nSPS) is 25.6. The molecular formula is C30H22F3N6O3+. The average molecular weight is 572 g/mol. The number of nitriles is 1. The van der Waals surface area contributed by atoms with Crippen LogP contribution in [0.3, 0.4) is 0 Å². The fraction of sp³-hybridized carbons (Fsp3) is 0.267. The molecule has 210 valence electrons. The number of fused-ring (bicyclic) bond motifs is 3. The van der Waals surface area contributed by atoms with Crippen molar-refractivity contribution < 1.29 is 32.0 Å². The monoisotopic (exact) mass is 571 g/mol. The van der Waals surface area contributed by atoms with Crippen LogP contribution in [0.5, 0.6) is 0 Å². The Morgan fingerprint density at radius 3 is 2.67 bits per heavy atom. The third kappa shape index (κ3) is 3.77. The Morgan fingerprint density at radius 2 is 1.93 bits per heavy atom. The lowest BCUT2D eigenvalue weighted by atomic mass is 9.83. The predicted molar refractivity (Wildman–Crippen MR) is 142 cm³/mol. The maximum Gasteiger partial charge on any atom is 0.351 e. The molecule has 1 aliphatic carbocycles. The molecule has 0 radical (unpaired) electrons. The lowest BCUT2D eigenvalue weighted by molar-refractivity contribution is -0.722. The predicted octanol–water partition coefficient (Wildman–Crippen LogP) is 4.22. The van der Waals surface area contributed by atoms with Crippen LogP contribution >= 0.6 is 0 Å². The standard InChI is InChI=1S/C30H22F3N6O3/c31-18-10-19(15-35-14-18)37(28(41)23-5-6-26(40)38(23)25-9-17(13-34)7-8-36-25)27-22-4-2-1-3-21(22)24-16-39(24,29(27)42)20-11-30(32,33)12-20/h1-4,7-10,14-16,20,23,27H,5-6,11-12H2/q+1/t23-,27-,39?/m0/s1. The summed E-state index contributed by atoms with van der Waals surface area (Å²) in [6, 6.07) is 9.69. The number of nitrogens with zero attached hydrogens (tertiary/aromatic N) is 6. The number of halogens is 3. The molecule has 2 aromatic heterocycles. The third-order valence-corrected chi connectivity index (χ3v) is 8.51. The molecule has 12 heteroatoms. The van der Waals surface area contributed by atoms with E-state index in [-0.39, 0.29) is 29.9 Å². The van der Waals surface area contributed by atoms with Crippen LogP contribution in [0.1, 0.15) is 48.4 Å². The van der Waals surface area contributed by atoms with E-state index in [4.69, 9.17) is 0 Å². The molecule has 9 nitrogen and oxygen atoms in total. The third-order valence-electron chi connectivity index (χ3n) is 8.51. The van der Waals surface area contributed by atoms with Crippen LogP contribution in [-0.4, -0.2) is 50.2 Å². The van der Waals surface area contributed by atoms with Gasteiger partial charge in [0.2, 0.25) is 11.6 Å². The van der Waals surface area contributed by atoms with Crippen molar-refractivity contribution in [2.24, 2.45) is 0 Å². The van der Waals surface area contributed by atoms with Gasteiger partial charge in [-0.2, -0.15) is 9.74 Å². The summed E-state index contributed by atoms with van der Waals surface area (Å²) in [4.78, 5) is 52.5. The van der Waals surface area contributed by atoms with Gasteiger partial charge in [-0.15, -0.1) is 0 Å². The number of pyridine rings is 2. The number of benzene rings is 1. The van der Waals surface area contributed by atoms with Gasteiger partial charge in [0.25, 0.3) is 11.8 Å². The van der Waals surface area contributed by atoms with Crippen molar-refractivity contribution in [1.82, 2.24) is 9.97 Å². The van der Waals surface area contributed by atoms with Crippen LogP contribution in [-0.2, 0) is 14.4 Å². The first-order chi connectivity index (χ1) is 20.1. The molecule has 7 rings (SSSR count). The second-order valence-electron chi connectivity index (χ2n) is 10.9. The zero-order valence-corrected chi connectivity index (χ0v) is 22.0. The van der Waals surface area contributed by atoms with Gasteiger partial charge in [-0.3, -0.25) is 24.4 Å². The van der Waals surface area contributed by atoms with E-state index in [2.05, 4.69) is 9.97 Å². The number of hydrogen-bond donors (Lipinski definition) is 0. The Morgan fingerprint density at radius 1 is 1.14 bits per heavy atom. The molecule has 0 bridgehead atoms. The number of rotatable bonds is 5. The zero-order chi connectivity index (χ0) is 29.4. The number of quaternary nitrogens is 1. The molecule has 1 saturated carbocycles. The number of hydrogen-bond acceptors (Lipinski definition) is 6. The van der Waals surface area contributed by atoms with Crippen molar-refractivity contribution in [2.75, 3.05) is 9.80 Å². The summed E-state index contributed by atoms with van der Waals surface area (Å²) < 4.78 is 42.2. The van der Waals surface area contributed by atoms with E-state index in [0.717, 1.165) is 17.2 Å². The molecule has 3 aliphatic heterocycles. The molecule has 3 aromatic rings. The molecule has 2 fully saturated rings. The first-order valence-electron chi connectivity index (χ1n) is 13.4.